The van der Waals surface area contributed by atoms with E-state index in [-0.39, 0.29) is 0 Å². The minimum atomic E-state index is -0.486. The number of nitrogens with one attached hydrogen (secondary N) is 1. The molecule has 4 nitrogen and oxygen atoms in total. The molecule has 2 bridgehead atoms. The molecule has 2 N–H and O–H groups in total. The number of ether oxygens (including phenoxy) is 1. The fourth-order valence-electron chi connectivity index (χ4n) is 4.80. The first kappa shape index (κ1) is 17.8. The molecule has 3 fully saturated rings. The molecule has 3 aliphatic rings. The molecule has 4 atom stereocenters. The van der Waals surface area contributed by atoms with E-state index < -0.39 is 6.10 Å². The molecule has 2 aliphatic heterocycles. The second kappa shape index (κ2) is 7.95. The van der Waals surface area contributed by atoms with Gasteiger partial charge in [0.25, 0.3) is 0 Å². The predicted molar refractivity (Wildman–Crippen MR) is 106 cm³/mol. The summed E-state index contributed by atoms with van der Waals surface area (Å²) < 4.78 is 5.79. The average Bonchev–Trinajstić information content (AvgIpc) is 2.66. The summed E-state index contributed by atoms with van der Waals surface area (Å²) in [4.78, 5) is 2.53. The van der Waals surface area contributed by atoms with Crippen molar-refractivity contribution >= 4 is 10.8 Å². The van der Waals surface area contributed by atoms with Crippen LogP contribution < -0.4 is 10.1 Å². The first-order valence-electron chi connectivity index (χ1n) is 9.89. The van der Waals surface area contributed by atoms with Gasteiger partial charge < -0.3 is 20.1 Å². The van der Waals surface area contributed by atoms with Crippen LogP contribution in [0.25, 0.3) is 10.8 Å². The molecule has 4 unspecified atom stereocenters. The number of rotatable bonds is 7. The van der Waals surface area contributed by atoms with E-state index in [2.05, 4.69) is 35.5 Å². The molecule has 2 heterocycles. The Balaban J connectivity index is 1.21. The Bertz CT molecular complexity index is 735. The maximum Gasteiger partial charge on any atom is 0.120 e. The van der Waals surface area contributed by atoms with Gasteiger partial charge in [0, 0.05) is 19.1 Å². The Hall–Kier alpha value is -1.62. The zero-order chi connectivity index (χ0) is 17.9. The Kier molecular flexibility index (Phi) is 5.44. The zero-order valence-corrected chi connectivity index (χ0v) is 15.6. The molecule has 0 spiro atoms. The zero-order valence-electron chi connectivity index (χ0n) is 15.6. The number of piperidine rings is 2. The number of aliphatic hydroxyl groups is 1. The minimum absolute atomic E-state index is 0.321. The summed E-state index contributed by atoms with van der Waals surface area (Å²) in [5.41, 5.74) is 0. The number of aliphatic hydroxyl groups excluding tert-OH is 1. The van der Waals surface area contributed by atoms with E-state index >= 15 is 0 Å². The fraction of sp³-hybridized carbons (Fsp3) is 0.545. The lowest BCUT2D eigenvalue weighted by Gasteiger charge is -2.48. The monoisotopic (exact) mass is 354 g/mol. The van der Waals surface area contributed by atoms with Gasteiger partial charge in [0.2, 0.25) is 0 Å². The van der Waals surface area contributed by atoms with Crippen LogP contribution in [0.15, 0.2) is 42.5 Å². The quantitative estimate of drug-likeness (QED) is 0.802. The molecule has 2 saturated heterocycles. The number of fused-ring (bicyclic) bond motifs is 4. The van der Waals surface area contributed by atoms with Crippen LogP contribution in [0, 0.1) is 11.8 Å². The van der Waals surface area contributed by atoms with E-state index in [1.54, 1.807) is 0 Å². The lowest BCUT2D eigenvalue weighted by molar-refractivity contribution is 0.0183. The summed E-state index contributed by atoms with van der Waals surface area (Å²) in [6, 6.07) is 15.0. The molecule has 5 rings (SSSR count). The molecule has 0 aromatic heterocycles. The van der Waals surface area contributed by atoms with Gasteiger partial charge in [-0.05, 0) is 67.6 Å². The molecule has 1 saturated carbocycles. The van der Waals surface area contributed by atoms with Crippen LogP contribution in [-0.4, -0.2) is 55.4 Å². The molecular formula is C22H30N2O2. The number of nitrogens with zero attached hydrogens (tertiary/aromatic N) is 1. The highest BCUT2D eigenvalue weighted by Crippen LogP contribution is 2.37. The van der Waals surface area contributed by atoms with Gasteiger partial charge in [-0.3, -0.25) is 0 Å². The van der Waals surface area contributed by atoms with Crippen LogP contribution in [0.4, 0.5) is 0 Å². The highest BCUT2D eigenvalue weighted by atomic mass is 16.5. The van der Waals surface area contributed by atoms with Crippen molar-refractivity contribution in [2.75, 3.05) is 33.3 Å². The van der Waals surface area contributed by atoms with E-state index in [1.165, 1.54) is 31.2 Å². The summed E-state index contributed by atoms with van der Waals surface area (Å²) in [7, 11) is 2.26. The Morgan fingerprint density at radius 1 is 1.19 bits per heavy atom. The topological polar surface area (TPSA) is 44.7 Å². The van der Waals surface area contributed by atoms with E-state index in [1.807, 2.05) is 24.3 Å². The highest BCUT2D eigenvalue weighted by molar-refractivity contribution is 5.83. The maximum absolute atomic E-state index is 10.2. The molecule has 0 radical (unpaired) electrons. The van der Waals surface area contributed by atoms with Crippen molar-refractivity contribution in [1.29, 1.82) is 0 Å². The largest absolute Gasteiger partial charge is 0.491 e. The standard InChI is InChI=1S/C22H30N2O2/c1-24-14-16-6-9-22(24)19(10-16)12-23-13-20(25)15-26-21-8-7-17-4-2-3-5-18(17)11-21/h2-5,7-8,11,16,19-20,22-23,25H,6,9-10,12-15H2,1H3. The van der Waals surface area contributed by atoms with Gasteiger partial charge in [-0.1, -0.05) is 30.3 Å². The van der Waals surface area contributed by atoms with Gasteiger partial charge in [0.1, 0.15) is 18.5 Å². The first-order valence-corrected chi connectivity index (χ1v) is 9.89. The normalized spacial score (nSPS) is 26.9. The summed E-state index contributed by atoms with van der Waals surface area (Å²) in [5.74, 6) is 2.41. The third-order valence-electron chi connectivity index (χ3n) is 6.11. The van der Waals surface area contributed by atoms with Gasteiger partial charge in [-0.25, -0.2) is 0 Å². The average molecular weight is 354 g/mol. The van der Waals surface area contributed by atoms with Gasteiger partial charge >= 0.3 is 0 Å². The number of hydrogen-bond acceptors (Lipinski definition) is 4. The van der Waals surface area contributed by atoms with Crippen LogP contribution in [-0.2, 0) is 0 Å². The predicted octanol–water partition coefficient (Wildman–Crippen LogP) is 2.90. The molecule has 26 heavy (non-hydrogen) atoms. The molecule has 2 aromatic rings. The summed E-state index contributed by atoms with van der Waals surface area (Å²) in [5, 5.41) is 16.1. The lowest BCUT2D eigenvalue weighted by atomic mass is 9.73. The first-order chi connectivity index (χ1) is 12.7. The van der Waals surface area contributed by atoms with E-state index in [9.17, 15) is 5.11 Å². The Labute approximate surface area is 156 Å². The van der Waals surface area contributed by atoms with Gasteiger partial charge in [-0.15, -0.1) is 0 Å². The molecule has 4 heteroatoms. The fourth-order valence-corrected chi connectivity index (χ4v) is 4.80. The smallest absolute Gasteiger partial charge is 0.120 e. The van der Waals surface area contributed by atoms with Crippen LogP contribution in [0.2, 0.25) is 0 Å². The van der Waals surface area contributed by atoms with Crippen molar-refractivity contribution < 1.29 is 9.84 Å². The lowest BCUT2D eigenvalue weighted by Crippen LogP contribution is -2.53. The maximum atomic E-state index is 10.2. The van der Waals surface area contributed by atoms with Crippen molar-refractivity contribution in [2.45, 2.75) is 31.4 Å². The molecule has 1 aliphatic carbocycles. The van der Waals surface area contributed by atoms with Crippen molar-refractivity contribution in [3.63, 3.8) is 0 Å². The second-order valence-electron chi connectivity index (χ2n) is 8.08. The van der Waals surface area contributed by atoms with Crippen molar-refractivity contribution in [3.05, 3.63) is 42.5 Å². The van der Waals surface area contributed by atoms with E-state index in [4.69, 9.17) is 4.74 Å². The van der Waals surface area contributed by atoms with Gasteiger partial charge in [0.15, 0.2) is 0 Å². The van der Waals surface area contributed by atoms with Crippen molar-refractivity contribution in [3.8, 4) is 5.75 Å². The third-order valence-corrected chi connectivity index (χ3v) is 6.11. The second-order valence-corrected chi connectivity index (χ2v) is 8.08. The van der Waals surface area contributed by atoms with Gasteiger partial charge in [-0.2, -0.15) is 0 Å². The van der Waals surface area contributed by atoms with Crippen molar-refractivity contribution in [1.82, 2.24) is 10.2 Å². The van der Waals surface area contributed by atoms with E-state index in [0.717, 1.165) is 35.6 Å². The van der Waals surface area contributed by atoms with Crippen LogP contribution in [0.5, 0.6) is 5.75 Å². The Morgan fingerprint density at radius 3 is 2.85 bits per heavy atom. The Morgan fingerprint density at radius 2 is 2.04 bits per heavy atom. The molecule has 0 amide bonds. The minimum Gasteiger partial charge on any atom is -0.491 e. The highest BCUT2D eigenvalue weighted by Gasteiger charge is 2.38. The SMILES string of the molecule is CN1CC2CCC1C(CNCC(O)COc1ccc3ccccc3c1)C2. The number of benzene rings is 2. The summed E-state index contributed by atoms with van der Waals surface area (Å²) in [6.07, 6.45) is 3.58. The van der Waals surface area contributed by atoms with Crippen LogP contribution in [0.3, 0.4) is 0 Å². The molecule has 140 valence electrons. The number of hydrogen-bond donors (Lipinski definition) is 2. The van der Waals surface area contributed by atoms with Gasteiger partial charge in [0.05, 0.1) is 0 Å². The van der Waals surface area contributed by atoms with Crippen LogP contribution >= 0.6 is 0 Å². The van der Waals surface area contributed by atoms with Crippen LogP contribution in [0.1, 0.15) is 19.3 Å². The van der Waals surface area contributed by atoms with Crippen molar-refractivity contribution in [2.24, 2.45) is 11.8 Å². The molecule has 2 aromatic carbocycles. The van der Waals surface area contributed by atoms with E-state index in [0.29, 0.717) is 13.2 Å². The summed E-state index contributed by atoms with van der Waals surface area (Å²) >= 11 is 0. The summed E-state index contributed by atoms with van der Waals surface area (Å²) in [6.45, 7) is 3.18. The third kappa shape index (κ3) is 4.03. The molecular weight excluding hydrogens is 324 g/mol.